The fraction of sp³-hybridized carbons (Fsp3) is 0.853. The fourth-order valence-corrected chi connectivity index (χ4v) is 9.65. The van der Waals surface area contributed by atoms with E-state index in [1.165, 1.54) is 68.8 Å². The molecule has 2 bridgehead atoms. The highest BCUT2D eigenvalue weighted by Crippen LogP contribution is 2.54. The lowest BCUT2D eigenvalue weighted by Crippen LogP contribution is -2.50. The van der Waals surface area contributed by atoms with Crippen LogP contribution in [0.3, 0.4) is 0 Å². The van der Waals surface area contributed by atoms with E-state index >= 15 is 0 Å². The minimum absolute atomic E-state index is 0.0227. The van der Waals surface area contributed by atoms with Crippen molar-refractivity contribution < 1.29 is 4.43 Å². The van der Waals surface area contributed by atoms with Gasteiger partial charge in [0.25, 0.3) is 0 Å². The maximum absolute atomic E-state index is 10.7. The van der Waals surface area contributed by atoms with Crippen molar-refractivity contribution in [1.82, 2.24) is 0 Å². The lowest BCUT2D eigenvalue weighted by atomic mass is 9.25. The summed E-state index contributed by atoms with van der Waals surface area (Å²) in [5, 5.41) is 10.9. The molecule has 2 nitrogen and oxygen atoms in total. The van der Waals surface area contributed by atoms with Gasteiger partial charge >= 0.3 is 0 Å². The van der Waals surface area contributed by atoms with E-state index in [1.54, 1.807) is 0 Å². The third-order valence-electron chi connectivity index (χ3n) is 12.1. The molecule has 220 valence electrons. The maximum atomic E-state index is 10.7. The van der Waals surface area contributed by atoms with Crippen molar-refractivity contribution >= 4 is 37.6 Å². The summed E-state index contributed by atoms with van der Waals surface area (Å²) in [6, 6.07) is 2.89. The van der Waals surface area contributed by atoms with Crippen LogP contribution in [-0.4, -0.2) is 21.1 Å². The Labute approximate surface area is 257 Å². The van der Waals surface area contributed by atoms with Crippen LogP contribution in [0.5, 0.6) is 0 Å². The molecular weight excluding hydrogens is 604 g/mol. The van der Waals surface area contributed by atoms with Crippen LogP contribution < -0.4 is 0 Å². The Morgan fingerprint density at radius 3 is 2.15 bits per heavy atom. The Morgan fingerprint density at radius 2 is 1.64 bits per heavy atom. The molecule has 1 aliphatic carbocycles. The van der Waals surface area contributed by atoms with E-state index in [9.17, 15) is 5.26 Å². The number of rotatable bonds is 10. The molecule has 0 N–H and O–H groups in total. The standard InChI is InChI=1S/C34H59BINOSi/c1-25(19-21-35-28-12-10-13-29(35)15-11-14-28)22-32(38-39(8,9)33(4,5)6)30-17-16-27(3)34(7,31(30)24-37)20-18-26(2)23-36/h22-23,27-32H,10-21H2,1-9H3/b25-22+,26-23+/t27-,28?,29?,30-,31-,32-,34+/m1/s1. The summed E-state index contributed by atoms with van der Waals surface area (Å²) < 4.78 is 9.50. The number of hydrogen-bond acceptors (Lipinski definition) is 2. The van der Waals surface area contributed by atoms with Crippen LogP contribution in [0.2, 0.25) is 36.1 Å². The van der Waals surface area contributed by atoms with Gasteiger partial charge in [0.15, 0.2) is 8.32 Å². The molecule has 2 heterocycles. The first-order valence-corrected chi connectivity index (χ1v) is 20.4. The smallest absolute Gasteiger partial charge is 0.192 e. The fourth-order valence-electron chi connectivity index (χ4n) is 8.06. The Balaban J connectivity index is 1.87. The van der Waals surface area contributed by atoms with E-state index in [4.69, 9.17) is 4.43 Å². The summed E-state index contributed by atoms with van der Waals surface area (Å²) >= 11 is 2.36. The highest BCUT2D eigenvalue weighted by atomic mass is 127. The molecule has 5 atom stereocenters. The first-order valence-electron chi connectivity index (χ1n) is 16.2. The van der Waals surface area contributed by atoms with E-state index < -0.39 is 8.32 Å². The van der Waals surface area contributed by atoms with Crippen LogP contribution in [0.25, 0.3) is 0 Å². The van der Waals surface area contributed by atoms with Crippen LogP contribution in [0.1, 0.15) is 119 Å². The van der Waals surface area contributed by atoms with Gasteiger partial charge < -0.3 is 4.43 Å². The molecule has 0 spiro atoms. The first-order chi connectivity index (χ1) is 18.2. The molecule has 1 saturated carbocycles. The highest BCUT2D eigenvalue weighted by Gasteiger charge is 2.50. The van der Waals surface area contributed by atoms with Crippen molar-refractivity contribution in [3.63, 3.8) is 0 Å². The monoisotopic (exact) mass is 663 g/mol. The summed E-state index contributed by atoms with van der Waals surface area (Å²) in [6.07, 6.45) is 18.4. The lowest BCUT2D eigenvalue weighted by Gasteiger charge is -2.51. The molecule has 39 heavy (non-hydrogen) atoms. The number of hydrogen-bond donors (Lipinski definition) is 0. The highest BCUT2D eigenvalue weighted by molar-refractivity contribution is 14.1. The van der Waals surface area contributed by atoms with Gasteiger partial charge in [-0.25, -0.2) is 0 Å². The largest absolute Gasteiger partial charge is 0.410 e. The van der Waals surface area contributed by atoms with Gasteiger partial charge in [0.1, 0.15) is 6.71 Å². The number of halogens is 1. The van der Waals surface area contributed by atoms with Gasteiger partial charge in [0.2, 0.25) is 0 Å². The second-order valence-corrected chi connectivity index (χ2v) is 21.0. The summed E-state index contributed by atoms with van der Waals surface area (Å²) in [7, 11) is -2.00. The molecule has 0 aromatic carbocycles. The predicted molar refractivity (Wildman–Crippen MR) is 182 cm³/mol. The number of fused-ring (bicyclic) bond motifs is 2. The quantitative estimate of drug-likeness (QED) is 0.132. The van der Waals surface area contributed by atoms with Crippen LogP contribution in [-0.2, 0) is 4.43 Å². The van der Waals surface area contributed by atoms with Crippen molar-refractivity contribution in [3.8, 4) is 6.07 Å². The molecule has 0 amide bonds. The van der Waals surface area contributed by atoms with Crippen LogP contribution in [0.15, 0.2) is 21.3 Å². The first kappa shape index (κ1) is 33.4. The Hall–Kier alpha value is -0.0582. The van der Waals surface area contributed by atoms with Crippen LogP contribution >= 0.6 is 22.6 Å². The van der Waals surface area contributed by atoms with E-state index in [-0.39, 0.29) is 28.4 Å². The molecule has 3 fully saturated rings. The zero-order chi connectivity index (χ0) is 29.0. The van der Waals surface area contributed by atoms with Crippen molar-refractivity contribution in [3.05, 3.63) is 21.3 Å². The van der Waals surface area contributed by atoms with Crippen molar-refractivity contribution in [2.75, 3.05) is 0 Å². The minimum Gasteiger partial charge on any atom is -0.410 e. The van der Waals surface area contributed by atoms with Gasteiger partial charge in [-0.1, -0.05) is 131 Å². The van der Waals surface area contributed by atoms with Crippen LogP contribution in [0.4, 0.5) is 0 Å². The van der Waals surface area contributed by atoms with Crippen molar-refractivity contribution in [2.24, 2.45) is 23.2 Å². The molecule has 2 aliphatic heterocycles. The number of allylic oxidation sites excluding steroid dienone is 2. The average Bonchev–Trinajstić information content (AvgIpc) is 2.86. The van der Waals surface area contributed by atoms with E-state index in [1.807, 2.05) is 0 Å². The molecular formula is C34H59BINOSi. The number of nitrogens with zero attached hydrogens (tertiary/aromatic N) is 1. The van der Waals surface area contributed by atoms with Gasteiger partial charge in [0.05, 0.1) is 18.1 Å². The lowest BCUT2D eigenvalue weighted by molar-refractivity contribution is -0.0109. The zero-order valence-corrected chi connectivity index (χ0v) is 30.1. The predicted octanol–water partition coefficient (Wildman–Crippen LogP) is 11.6. The molecule has 3 rings (SSSR count). The summed E-state index contributed by atoms with van der Waals surface area (Å²) in [6.45, 7) is 22.2. The Kier molecular flexibility index (Phi) is 12.0. The molecule has 0 radical (unpaired) electrons. The maximum Gasteiger partial charge on any atom is 0.192 e. The average molecular weight is 664 g/mol. The van der Waals surface area contributed by atoms with Gasteiger partial charge in [-0.15, -0.1) is 0 Å². The second kappa shape index (κ2) is 13.9. The normalized spacial score (nSPS) is 33.6. The third kappa shape index (κ3) is 8.07. The molecule has 0 unspecified atom stereocenters. The molecule has 3 aliphatic rings. The van der Waals surface area contributed by atoms with Gasteiger partial charge in [0, 0.05) is 5.92 Å². The van der Waals surface area contributed by atoms with Gasteiger partial charge in [-0.05, 0) is 79.5 Å². The molecule has 2 saturated heterocycles. The molecule has 0 aromatic rings. The van der Waals surface area contributed by atoms with Crippen LogP contribution in [0, 0.1) is 34.5 Å². The van der Waals surface area contributed by atoms with E-state index in [2.05, 4.69) is 100 Å². The second-order valence-electron chi connectivity index (χ2n) is 15.7. The number of nitriles is 1. The SMILES string of the molecule is C/C(=C\[C@@H](O[Si](C)(C)C(C)(C)C)[C@@H]1CC[C@@H](C)[C@](C)(CC/C(C)=C/I)[C@@H]1C#N)CCB1C2CCCC1CCC2. The van der Waals surface area contributed by atoms with E-state index in [0.717, 1.165) is 37.6 Å². The van der Waals surface area contributed by atoms with Gasteiger partial charge in [-0.3, -0.25) is 0 Å². The molecule has 0 aromatic heterocycles. The topological polar surface area (TPSA) is 33.0 Å². The van der Waals surface area contributed by atoms with Crippen molar-refractivity contribution in [1.29, 1.82) is 5.26 Å². The summed E-state index contributed by atoms with van der Waals surface area (Å²) in [4.78, 5) is 0. The van der Waals surface area contributed by atoms with Crippen molar-refractivity contribution in [2.45, 2.75) is 161 Å². The minimum atomic E-state index is -2.00. The zero-order valence-electron chi connectivity index (χ0n) is 26.9. The van der Waals surface area contributed by atoms with Gasteiger partial charge in [-0.2, -0.15) is 5.26 Å². The summed E-state index contributed by atoms with van der Waals surface area (Å²) in [5.41, 5.74) is 2.96. The van der Waals surface area contributed by atoms with E-state index in [0.29, 0.717) is 5.92 Å². The summed E-state index contributed by atoms with van der Waals surface area (Å²) in [5.74, 6) is 2.82. The third-order valence-corrected chi connectivity index (χ3v) is 17.6. The Bertz CT molecular complexity index is 895. The molecule has 5 heteroatoms. The Morgan fingerprint density at radius 1 is 1.05 bits per heavy atom.